The van der Waals surface area contributed by atoms with Gasteiger partial charge in [0.05, 0.1) is 18.4 Å². The maximum Gasteiger partial charge on any atom is 0.339 e. The number of hydrogen-bond acceptors (Lipinski definition) is 5. The van der Waals surface area contributed by atoms with Gasteiger partial charge in [-0.1, -0.05) is 32.0 Å². The van der Waals surface area contributed by atoms with Crippen LogP contribution in [0.4, 0.5) is 5.69 Å². The number of rotatable bonds is 6. The van der Waals surface area contributed by atoms with Gasteiger partial charge in [0.25, 0.3) is 11.8 Å². The zero-order valence-corrected chi connectivity index (χ0v) is 14.9. The van der Waals surface area contributed by atoms with Gasteiger partial charge >= 0.3 is 5.97 Å². The van der Waals surface area contributed by atoms with Gasteiger partial charge < -0.3 is 15.4 Å². The van der Waals surface area contributed by atoms with Crippen LogP contribution in [0.5, 0.6) is 0 Å². The number of hydrogen-bond donors (Lipinski definition) is 2. The van der Waals surface area contributed by atoms with Gasteiger partial charge in [-0.25, -0.2) is 9.78 Å². The molecule has 7 heteroatoms. The van der Waals surface area contributed by atoms with E-state index in [1.807, 2.05) is 13.8 Å². The normalized spacial score (nSPS) is 10.3. The molecule has 0 aliphatic rings. The Hall–Kier alpha value is -3.22. The number of pyridine rings is 1. The predicted octanol–water partition coefficient (Wildman–Crippen LogP) is 2.51. The number of para-hydroxylation sites is 1. The van der Waals surface area contributed by atoms with Gasteiger partial charge in [-0.15, -0.1) is 0 Å². The fourth-order valence-corrected chi connectivity index (χ4v) is 2.14. The number of carbonyl (C=O) groups is 3. The van der Waals surface area contributed by atoms with Gasteiger partial charge in [0, 0.05) is 6.54 Å². The SMILES string of the molecule is COC(=O)c1ccccc1NC(=O)c1cccc(C(=O)NCC(C)C)n1. The highest BCUT2D eigenvalue weighted by Crippen LogP contribution is 2.17. The van der Waals surface area contributed by atoms with Crippen molar-refractivity contribution >= 4 is 23.5 Å². The summed E-state index contributed by atoms with van der Waals surface area (Å²) in [5, 5.41) is 5.38. The van der Waals surface area contributed by atoms with Crippen LogP contribution < -0.4 is 10.6 Å². The summed E-state index contributed by atoms with van der Waals surface area (Å²) in [4.78, 5) is 40.4. The molecule has 0 unspecified atom stereocenters. The summed E-state index contributed by atoms with van der Waals surface area (Å²) in [6, 6.07) is 11.1. The zero-order chi connectivity index (χ0) is 19.1. The molecule has 136 valence electrons. The largest absolute Gasteiger partial charge is 0.465 e. The number of nitrogens with one attached hydrogen (secondary N) is 2. The highest BCUT2D eigenvalue weighted by atomic mass is 16.5. The number of benzene rings is 1. The van der Waals surface area contributed by atoms with Crippen molar-refractivity contribution in [3.05, 3.63) is 59.4 Å². The monoisotopic (exact) mass is 355 g/mol. The lowest BCUT2D eigenvalue weighted by Crippen LogP contribution is -2.28. The second-order valence-electron chi connectivity index (χ2n) is 6.00. The highest BCUT2D eigenvalue weighted by Gasteiger charge is 2.16. The minimum atomic E-state index is -0.560. The average Bonchev–Trinajstić information content (AvgIpc) is 2.65. The van der Waals surface area contributed by atoms with E-state index in [0.29, 0.717) is 18.2 Å². The number of amides is 2. The van der Waals surface area contributed by atoms with E-state index in [4.69, 9.17) is 4.74 Å². The Morgan fingerprint density at radius 2 is 1.65 bits per heavy atom. The molecule has 2 aromatic rings. The number of nitrogens with zero attached hydrogens (tertiary/aromatic N) is 1. The van der Waals surface area contributed by atoms with Crippen molar-refractivity contribution in [2.75, 3.05) is 19.0 Å². The van der Waals surface area contributed by atoms with E-state index in [0.717, 1.165) is 0 Å². The summed E-state index contributed by atoms with van der Waals surface area (Å²) >= 11 is 0. The molecule has 0 aliphatic carbocycles. The first-order chi connectivity index (χ1) is 12.4. The smallest absolute Gasteiger partial charge is 0.339 e. The van der Waals surface area contributed by atoms with Crippen LogP contribution in [0.15, 0.2) is 42.5 Å². The van der Waals surface area contributed by atoms with Gasteiger partial charge in [-0.05, 0) is 30.2 Å². The molecular formula is C19H21N3O4. The van der Waals surface area contributed by atoms with Crippen LogP contribution in [-0.2, 0) is 4.74 Å². The molecule has 7 nitrogen and oxygen atoms in total. The molecule has 26 heavy (non-hydrogen) atoms. The van der Waals surface area contributed by atoms with Gasteiger partial charge in [-0.3, -0.25) is 9.59 Å². The van der Waals surface area contributed by atoms with Gasteiger partial charge in [-0.2, -0.15) is 0 Å². The molecular weight excluding hydrogens is 334 g/mol. The molecule has 2 amide bonds. The second kappa shape index (κ2) is 8.75. The van der Waals surface area contributed by atoms with Gasteiger partial charge in [0.15, 0.2) is 0 Å². The number of methoxy groups -OCH3 is 1. The standard InChI is InChI=1S/C19H21N3O4/c1-12(2)11-20-17(23)15-9-6-10-16(21-15)18(24)22-14-8-5-4-7-13(14)19(25)26-3/h4-10,12H,11H2,1-3H3,(H,20,23)(H,22,24). The Balaban J connectivity index is 2.17. The lowest BCUT2D eigenvalue weighted by Gasteiger charge is -2.10. The van der Waals surface area contributed by atoms with Gasteiger partial charge in [0.2, 0.25) is 0 Å². The van der Waals surface area contributed by atoms with Crippen molar-refractivity contribution in [3.63, 3.8) is 0 Å². The summed E-state index contributed by atoms with van der Waals surface area (Å²) in [5.41, 5.74) is 0.761. The third-order valence-electron chi connectivity index (χ3n) is 3.47. The van der Waals surface area contributed by atoms with Crippen molar-refractivity contribution in [3.8, 4) is 0 Å². The van der Waals surface area contributed by atoms with Crippen molar-refractivity contribution in [2.24, 2.45) is 5.92 Å². The maximum atomic E-state index is 12.5. The Morgan fingerprint density at radius 3 is 2.31 bits per heavy atom. The van der Waals surface area contributed by atoms with Crippen LogP contribution in [0, 0.1) is 5.92 Å². The van der Waals surface area contributed by atoms with Crippen molar-refractivity contribution in [2.45, 2.75) is 13.8 Å². The molecule has 0 bridgehead atoms. The third-order valence-corrected chi connectivity index (χ3v) is 3.47. The van der Waals surface area contributed by atoms with Gasteiger partial charge in [0.1, 0.15) is 11.4 Å². The van der Waals surface area contributed by atoms with Crippen LogP contribution >= 0.6 is 0 Å². The van der Waals surface area contributed by atoms with Crippen molar-refractivity contribution < 1.29 is 19.1 Å². The Bertz CT molecular complexity index is 818. The molecule has 0 saturated carbocycles. The number of esters is 1. The average molecular weight is 355 g/mol. The molecule has 0 atom stereocenters. The predicted molar refractivity (Wildman–Crippen MR) is 97.1 cm³/mol. The molecule has 1 aromatic heterocycles. The van der Waals surface area contributed by atoms with E-state index in [-0.39, 0.29) is 22.9 Å². The van der Waals surface area contributed by atoms with Crippen molar-refractivity contribution in [1.82, 2.24) is 10.3 Å². The topological polar surface area (TPSA) is 97.4 Å². The molecule has 0 spiro atoms. The van der Waals surface area contributed by atoms with E-state index in [2.05, 4.69) is 15.6 Å². The number of anilines is 1. The summed E-state index contributed by atoms with van der Waals surface area (Å²) in [6.07, 6.45) is 0. The van der Waals surface area contributed by atoms with E-state index in [9.17, 15) is 14.4 Å². The minimum absolute atomic E-state index is 0.0712. The molecule has 2 N–H and O–H groups in total. The molecule has 1 heterocycles. The second-order valence-corrected chi connectivity index (χ2v) is 6.00. The molecule has 0 saturated heterocycles. The Morgan fingerprint density at radius 1 is 1.00 bits per heavy atom. The first-order valence-electron chi connectivity index (χ1n) is 8.16. The summed E-state index contributed by atoms with van der Waals surface area (Å²) < 4.78 is 4.70. The van der Waals surface area contributed by atoms with Crippen LogP contribution in [0.2, 0.25) is 0 Å². The molecule has 2 rings (SSSR count). The van der Waals surface area contributed by atoms with Crippen molar-refractivity contribution in [1.29, 1.82) is 0 Å². The quantitative estimate of drug-likeness (QED) is 0.776. The molecule has 0 fully saturated rings. The Kier molecular flexibility index (Phi) is 6.43. The van der Waals surface area contributed by atoms with E-state index < -0.39 is 11.9 Å². The highest BCUT2D eigenvalue weighted by molar-refractivity contribution is 6.07. The summed E-state index contributed by atoms with van der Waals surface area (Å²) in [5.74, 6) is -1.13. The molecule has 0 aliphatic heterocycles. The minimum Gasteiger partial charge on any atom is -0.465 e. The molecule has 1 aromatic carbocycles. The molecule has 0 radical (unpaired) electrons. The number of carbonyl (C=O) groups excluding carboxylic acids is 3. The van der Waals surface area contributed by atoms with Crippen LogP contribution in [-0.4, -0.2) is 36.4 Å². The first kappa shape index (κ1) is 19.1. The van der Waals surface area contributed by atoms with Crippen LogP contribution in [0.25, 0.3) is 0 Å². The summed E-state index contributed by atoms with van der Waals surface area (Å²) in [7, 11) is 1.27. The first-order valence-corrected chi connectivity index (χ1v) is 8.16. The third kappa shape index (κ3) is 4.89. The number of ether oxygens (including phenoxy) is 1. The van der Waals surface area contributed by atoms with E-state index in [1.165, 1.54) is 19.2 Å². The fraction of sp³-hybridized carbons (Fsp3) is 0.263. The summed E-state index contributed by atoms with van der Waals surface area (Å²) in [6.45, 7) is 4.48. The Labute approximate surface area is 151 Å². The van der Waals surface area contributed by atoms with E-state index in [1.54, 1.807) is 30.3 Å². The maximum absolute atomic E-state index is 12.5. The van der Waals surface area contributed by atoms with Crippen LogP contribution in [0.3, 0.4) is 0 Å². The van der Waals surface area contributed by atoms with Crippen LogP contribution in [0.1, 0.15) is 45.2 Å². The lowest BCUT2D eigenvalue weighted by molar-refractivity contribution is 0.0601. The zero-order valence-electron chi connectivity index (χ0n) is 14.9. The fourth-order valence-electron chi connectivity index (χ4n) is 2.14. The lowest BCUT2D eigenvalue weighted by atomic mass is 10.1. The van der Waals surface area contributed by atoms with E-state index >= 15 is 0 Å². The number of aromatic nitrogens is 1.